The van der Waals surface area contributed by atoms with Crippen molar-refractivity contribution in [2.45, 2.75) is 20.0 Å². The summed E-state index contributed by atoms with van der Waals surface area (Å²) in [4.78, 5) is 21.2. The molecular weight excluding hydrogens is 380 g/mol. The quantitative estimate of drug-likeness (QED) is 0.659. The number of carbonyl (C=O) groups is 1. The molecule has 0 spiro atoms. The van der Waals surface area contributed by atoms with Gasteiger partial charge >= 0.3 is 0 Å². The van der Waals surface area contributed by atoms with Crippen LogP contribution in [0.3, 0.4) is 0 Å². The number of carbonyl (C=O) groups excluding carboxylic acids is 1. The molecule has 1 saturated heterocycles. The van der Waals surface area contributed by atoms with Crippen LogP contribution in [-0.2, 0) is 4.74 Å². The Hall–Kier alpha value is -2.48. The zero-order valence-electron chi connectivity index (χ0n) is 17.8. The second-order valence-electron chi connectivity index (χ2n) is 8.10. The third kappa shape index (κ3) is 6.79. The van der Waals surface area contributed by atoms with Crippen molar-refractivity contribution in [3.8, 4) is 0 Å². The number of hydrogen-bond donors (Lipinski definition) is 2. The number of pyridine rings is 1. The van der Waals surface area contributed by atoms with Crippen molar-refractivity contribution >= 4 is 17.4 Å². The second kappa shape index (κ2) is 11.1. The highest BCUT2D eigenvalue weighted by Crippen LogP contribution is 2.17. The summed E-state index contributed by atoms with van der Waals surface area (Å²) < 4.78 is 5.53. The maximum absolute atomic E-state index is 12.2. The minimum Gasteiger partial charge on any atom is -0.389 e. The maximum atomic E-state index is 12.2. The molecule has 0 radical (unpaired) electrons. The van der Waals surface area contributed by atoms with Crippen molar-refractivity contribution in [1.29, 1.82) is 0 Å². The molecule has 1 aromatic carbocycles. The van der Waals surface area contributed by atoms with Crippen LogP contribution in [0.5, 0.6) is 0 Å². The summed E-state index contributed by atoms with van der Waals surface area (Å²) in [6.45, 7) is 9.33. The zero-order valence-corrected chi connectivity index (χ0v) is 17.8. The van der Waals surface area contributed by atoms with Crippen LogP contribution in [0.4, 0.5) is 11.5 Å². The van der Waals surface area contributed by atoms with Gasteiger partial charge in [0.25, 0.3) is 5.91 Å². The van der Waals surface area contributed by atoms with E-state index in [1.165, 1.54) is 0 Å². The monoisotopic (exact) mass is 412 g/mol. The number of aliphatic hydroxyl groups excluding tert-OH is 1. The van der Waals surface area contributed by atoms with Crippen LogP contribution in [-0.4, -0.2) is 72.9 Å². The number of nitrogens with zero attached hydrogens (tertiary/aromatic N) is 3. The van der Waals surface area contributed by atoms with E-state index in [-0.39, 0.29) is 5.91 Å². The number of aliphatic hydroxyl groups is 1. The summed E-state index contributed by atoms with van der Waals surface area (Å²) in [6.07, 6.45) is 1.24. The molecule has 0 bridgehead atoms. The van der Waals surface area contributed by atoms with Crippen LogP contribution in [0.15, 0.2) is 48.7 Å². The third-order valence-corrected chi connectivity index (χ3v) is 4.97. The summed E-state index contributed by atoms with van der Waals surface area (Å²) in [6, 6.07) is 12.9. The first-order valence-corrected chi connectivity index (χ1v) is 10.6. The molecule has 162 valence electrons. The Labute approximate surface area is 178 Å². The van der Waals surface area contributed by atoms with E-state index >= 15 is 0 Å². The van der Waals surface area contributed by atoms with E-state index < -0.39 is 6.10 Å². The van der Waals surface area contributed by atoms with Gasteiger partial charge in [0.1, 0.15) is 5.82 Å². The molecule has 30 heavy (non-hydrogen) atoms. The van der Waals surface area contributed by atoms with Crippen LogP contribution in [0, 0.1) is 5.92 Å². The first-order chi connectivity index (χ1) is 14.5. The molecule has 7 nitrogen and oxygen atoms in total. The molecule has 1 atom stereocenters. The Bertz CT molecular complexity index is 775. The van der Waals surface area contributed by atoms with E-state index in [1.54, 1.807) is 18.3 Å². The normalized spacial score (nSPS) is 15.9. The molecule has 2 N–H and O–H groups in total. The van der Waals surface area contributed by atoms with Crippen molar-refractivity contribution in [1.82, 2.24) is 9.88 Å². The smallest absolute Gasteiger partial charge is 0.255 e. The Kier molecular flexibility index (Phi) is 8.19. The predicted molar refractivity (Wildman–Crippen MR) is 119 cm³/mol. The molecule has 3 rings (SSSR count). The Morgan fingerprint density at radius 2 is 1.83 bits per heavy atom. The van der Waals surface area contributed by atoms with E-state index in [2.05, 4.69) is 33.9 Å². The number of rotatable bonds is 9. The first kappa shape index (κ1) is 22.2. The van der Waals surface area contributed by atoms with Crippen molar-refractivity contribution < 1.29 is 14.6 Å². The lowest BCUT2D eigenvalue weighted by molar-refractivity contribution is 0.00745. The molecule has 2 heterocycles. The number of hydrogen-bond acceptors (Lipinski definition) is 6. The van der Waals surface area contributed by atoms with Crippen molar-refractivity contribution in [2.24, 2.45) is 5.92 Å². The van der Waals surface area contributed by atoms with Crippen molar-refractivity contribution in [3.05, 3.63) is 54.2 Å². The highest BCUT2D eigenvalue weighted by molar-refractivity contribution is 6.04. The number of nitrogens with one attached hydrogen (secondary N) is 1. The standard InChI is InChI=1S/C23H32N4O3/c1-18(2)16-30-17-21(28)15-26-10-12-27(13-11-26)22-9-8-20(14-24-22)25-23(29)19-6-4-3-5-7-19/h3-9,14,18,21,28H,10-13,15-17H2,1-2H3,(H,25,29)/t21-/m0/s1. The molecule has 1 aliphatic heterocycles. The van der Waals surface area contributed by atoms with Crippen molar-refractivity contribution in [3.63, 3.8) is 0 Å². The van der Waals surface area contributed by atoms with Gasteiger partial charge < -0.3 is 20.1 Å². The summed E-state index contributed by atoms with van der Waals surface area (Å²) in [7, 11) is 0. The zero-order chi connectivity index (χ0) is 21.3. The largest absolute Gasteiger partial charge is 0.389 e. The van der Waals surface area contributed by atoms with Crippen LogP contribution in [0.25, 0.3) is 0 Å². The summed E-state index contributed by atoms with van der Waals surface area (Å²) >= 11 is 0. The lowest BCUT2D eigenvalue weighted by atomic mass is 10.2. The van der Waals surface area contributed by atoms with Gasteiger partial charge in [0, 0.05) is 44.9 Å². The summed E-state index contributed by atoms with van der Waals surface area (Å²) in [5, 5.41) is 13.0. The molecule has 0 unspecified atom stereocenters. The number of aromatic nitrogens is 1. The topological polar surface area (TPSA) is 77.9 Å². The Morgan fingerprint density at radius 3 is 2.47 bits per heavy atom. The molecule has 1 amide bonds. The van der Waals surface area contributed by atoms with Gasteiger partial charge in [-0.1, -0.05) is 32.0 Å². The van der Waals surface area contributed by atoms with E-state index in [9.17, 15) is 9.90 Å². The van der Waals surface area contributed by atoms with Crippen molar-refractivity contribution in [2.75, 3.05) is 56.2 Å². The fraction of sp³-hybridized carbons (Fsp3) is 0.478. The fourth-order valence-corrected chi connectivity index (χ4v) is 3.39. The van der Waals surface area contributed by atoms with E-state index in [0.29, 0.717) is 36.9 Å². The number of benzene rings is 1. The fourth-order valence-electron chi connectivity index (χ4n) is 3.39. The Balaban J connectivity index is 1.43. The van der Waals surface area contributed by atoms with E-state index in [4.69, 9.17) is 4.74 Å². The average Bonchev–Trinajstić information content (AvgIpc) is 2.75. The number of β-amino-alcohol motifs (C(OH)–C–C–N with tert-alkyl or cyclic N) is 1. The van der Waals surface area contributed by atoms with Crippen LogP contribution in [0.1, 0.15) is 24.2 Å². The molecule has 1 aliphatic rings. The number of piperazine rings is 1. The Morgan fingerprint density at radius 1 is 1.10 bits per heavy atom. The third-order valence-electron chi connectivity index (χ3n) is 4.97. The summed E-state index contributed by atoms with van der Waals surface area (Å²) in [5.74, 6) is 1.23. The van der Waals surface area contributed by atoms with Gasteiger partial charge in [-0.15, -0.1) is 0 Å². The van der Waals surface area contributed by atoms with Crippen LogP contribution < -0.4 is 10.2 Å². The lowest BCUT2D eigenvalue weighted by Gasteiger charge is -2.36. The van der Waals surface area contributed by atoms with Gasteiger partial charge in [0.05, 0.1) is 24.6 Å². The molecule has 2 aromatic rings. The highest BCUT2D eigenvalue weighted by Gasteiger charge is 2.20. The first-order valence-electron chi connectivity index (χ1n) is 10.6. The van der Waals surface area contributed by atoms with Crippen LogP contribution >= 0.6 is 0 Å². The van der Waals surface area contributed by atoms with Gasteiger partial charge in [-0.05, 0) is 30.2 Å². The van der Waals surface area contributed by atoms with Gasteiger partial charge in [-0.3, -0.25) is 9.69 Å². The molecule has 0 saturated carbocycles. The summed E-state index contributed by atoms with van der Waals surface area (Å²) in [5.41, 5.74) is 1.30. The lowest BCUT2D eigenvalue weighted by Crippen LogP contribution is -2.49. The molecule has 1 fully saturated rings. The SMILES string of the molecule is CC(C)COC[C@@H](O)CN1CCN(c2ccc(NC(=O)c3ccccc3)cn2)CC1. The number of anilines is 2. The van der Waals surface area contributed by atoms with E-state index in [1.807, 2.05) is 30.3 Å². The predicted octanol–water partition coefficient (Wildman–Crippen LogP) is 2.49. The van der Waals surface area contributed by atoms with Gasteiger partial charge in [-0.2, -0.15) is 0 Å². The maximum Gasteiger partial charge on any atom is 0.255 e. The molecule has 0 aliphatic carbocycles. The number of ether oxygens (including phenoxy) is 1. The van der Waals surface area contributed by atoms with Gasteiger partial charge in [0.2, 0.25) is 0 Å². The molecule has 1 aromatic heterocycles. The average molecular weight is 413 g/mol. The van der Waals surface area contributed by atoms with Gasteiger partial charge in [-0.25, -0.2) is 4.98 Å². The molecule has 7 heteroatoms. The van der Waals surface area contributed by atoms with Gasteiger partial charge in [0.15, 0.2) is 0 Å². The highest BCUT2D eigenvalue weighted by atomic mass is 16.5. The minimum atomic E-state index is -0.457. The van der Waals surface area contributed by atoms with Crippen LogP contribution in [0.2, 0.25) is 0 Å². The second-order valence-corrected chi connectivity index (χ2v) is 8.10. The molecular formula is C23H32N4O3. The van der Waals surface area contributed by atoms with E-state index in [0.717, 1.165) is 32.0 Å². The number of amides is 1. The minimum absolute atomic E-state index is 0.144.